The topological polar surface area (TPSA) is 88.2 Å². The van der Waals surface area contributed by atoms with Crippen molar-refractivity contribution in [2.75, 3.05) is 19.7 Å². The monoisotopic (exact) mass is 279 g/mol. The van der Waals surface area contributed by atoms with E-state index in [9.17, 15) is 4.79 Å². The van der Waals surface area contributed by atoms with E-state index in [-0.39, 0.29) is 17.7 Å². The molecule has 2 bridgehead atoms. The molecule has 6 heteroatoms. The second kappa shape index (κ2) is 4.35. The first-order chi connectivity index (χ1) is 9.70. The highest BCUT2D eigenvalue weighted by molar-refractivity contribution is 5.87. The maximum Gasteiger partial charge on any atom is 0.226 e. The van der Waals surface area contributed by atoms with Crippen molar-refractivity contribution in [3.8, 4) is 0 Å². The standard InChI is InChI=1S/C14H21N3O3/c15-13(16-19)9-6-17(3-4-20-9)14(18)12-10-7-1-2-8(5-7)11(10)12/h7-12,19H,1-6H2,(H2,15,16). The summed E-state index contributed by atoms with van der Waals surface area (Å²) >= 11 is 0. The molecule has 1 saturated heterocycles. The number of amides is 1. The molecular weight excluding hydrogens is 258 g/mol. The lowest BCUT2D eigenvalue weighted by molar-refractivity contribution is -0.139. The Bertz CT molecular complexity index is 451. The maximum absolute atomic E-state index is 12.7. The molecule has 3 aliphatic carbocycles. The highest BCUT2D eigenvalue weighted by atomic mass is 16.5. The Balaban J connectivity index is 1.42. The van der Waals surface area contributed by atoms with Gasteiger partial charge in [0.25, 0.3) is 0 Å². The smallest absolute Gasteiger partial charge is 0.226 e. The first-order valence-electron chi connectivity index (χ1n) is 7.58. The minimum atomic E-state index is -0.465. The predicted molar refractivity (Wildman–Crippen MR) is 71.0 cm³/mol. The third kappa shape index (κ3) is 1.67. The summed E-state index contributed by atoms with van der Waals surface area (Å²) in [5.41, 5.74) is 5.58. The molecule has 1 heterocycles. The second-order valence-corrected chi connectivity index (χ2v) is 6.68. The number of hydrogen-bond donors (Lipinski definition) is 2. The predicted octanol–water partition coefficient (Wildman–Crippen LogP) is 0.252. The maximum atomic E-state index is 12.7. The SMILES string of the molecule is NC(=NO)C1CN(C(=O)C2C3C4CCC(C4)C23)CCO1. The normalized spacial score (nSPS) is 46.4. The quantitative estimate of drug-likeness (QED) is 0.328. The largest absolute Gasteiger partial charge is 0.409 e. The lowest BCUT2D eigenvalue weighted by Crippen LogP contribution is -2.51. The van der Waals surface area contributed by atoms with Gasteiger partial charge in [-0.2, -0.15) is 0 Å². The van der Waals surface area contributed by atoms with Crippen LogP contribution in [0.2, 0.25) is 0 Å². The van der Waals surface area contributed by atoms with Crippen molar-refractivity contribution < 1.29 is 14.7 Å². The van der Waals surface area contributed by atoms with Gasteiger partial charge in [0.1, 0.15) is 6.10 Å². The molecule has 4 rings (SSSR count). The highest BCUT2D eigenvalue weighted by Gasteiger charge is 2.68. The van der Waals surface area contributed by atoms with Gasteiger partial charge in [-0.3, -0.25) is 4.79 Å². The van der Waals surface area contributed by atoms with Gasteiger partial charge in [-0.1, -0.05) is 5.16 Å². The number of carbonyl (C=O) groups is 1. The number of nitrogens with zero attached hydrogens (tertiary/aromatic N) is 2. The molecule has 3 N–H and O–H groups in total. The fourth-order valence-corrected chi connectivity index (χ4v) is 4.96. The third-order valence-electron chi connectivity index (χ3n) is 5.84. The Hall–Kier alpha value is -1.30. The molecule has 3 saturated carbocycles. The average Bonchev–Trinajstić information content (AvgIpc) is 2.92. The fourth-order valence-electron chi connectivity index (χ4n) is 4.96. The Morgan fingerprint density at radius 1 is 1.30 bits per heavy atom. The Kier molecular flexibility index (Phi) is 2.70. The molecule has 20 heavy (non-hydrogen) atoms. The zero-order chi connectivity index (χ0) is 13.9. The number of fused-ring (bicyclic) bond motifs is 5. The Labute approximate surface area is 117 Å². The van der Waals surface area contributed by atoms with Crippen LogP contribution in [0.4, 0.5) is 0 Å². The molecule has 1 amide bonds. The molecule has 4 aliphatic rings. The molecule has 0 spiro atoms. The number of hydrogen-bond acceptors (Lipinski definition) is 4. The molecular formula is C14H21N3O3. The van der Waals surface area contributed by atoms with Crippen LogP contribution < -0.4 is 5.73 Å². The van der Waals surface area contributed by atoms with Gasteiger partial charge < -0.3 is 20.6 Å². The molecule has 0 aromatic rings. The van der Waals surface area contributed by atoms with Gasteiger partial charge in [0.05, 0.1) is 13.2 Å². The molecule has 1 aliphatic heterocycles. The summed E-state index contributed by atoms with van der Waals surface area (Å²) in [6, 6.07) is 0. The zero-order valence-electron chi connectivity index (χ0n) is 11.4. The van der Waals surface area contributed by atoms with Gasteiger partial charge in [0.2, 0.25) is 5.91 Å². The minimum Gasteiger partial charge on any atom is -0.409 e. The van der Waals surface area contributed by atoms with Crippen molar-refractivity contribution >= 4 is 11.7 Å². The number of nitrogens with two attached hydrogens (primary N) is 1. The van der Waals surface area contributed by atoms with E-state index in [0.29, 0.717) is 31.5 Å². The van der Waals surface area contributed by atoms with E-state index in [0.717, 1.165) is 11.8 Å². The number of carbonyl (C=O) groups excluding carboxylic acids is 1. The minimum absolute atomic E-state index is 0.0542. The van der Waals surface area contributed by atoms with Gasteiger partial charge in [-0.25, -0.2) is 0 Å². The first kappa shape index (κ1) is 12.4. The van der Waals surface area contributed by atoms with Crippen LogP contribution in [0.5, 0.6) is 0 Å². The number of oxime groups is 1. The molecule has 5 atom stereocenters. The van der Waals surface area contributed by atoms with Crippen molar-refractivity contribution in [3.05, 3.63) is 0 Å². The fraction of sp³-hybridized carbons (Fsp3) is 0.857. The molecule has 6 nitrogen and oxygen atoms in total. The summed E-state index contributed by atoms with van der Waals surface area (Å²) in [5.74, 6) is 3.51. The summed E-state index contributed by atoms with van der Waals surface area (Å²) in [6.07, 6.45) is 3.54. The van der Waals surface area contributed by atoms with Gasteiger partial charge in [-0.15, -0.1) is 0 Å². The van der Waals surface area contributed by atoms with Crippen LogP contribution in [0.25, 0.3) is 0 Å². The molecule has 4 fully saturated rings. The van der Waals surface area contributed by atoms with E-state index < -0.39 is 6.10 Å². The summed E-state index contributed by atoms with van der Waals surface area (Å²) in [5, 5.41) is 11.7. The number of rotatable bonds is 2. The lowest BCUT2D eigenvalue weighted by atomic mass is 10.0. The van der Waals surface area contributed by atoms with Crippen LogP contribution >= 0.6 is 0 Å². The number of amidine groups is 1. The lowest BCUT2D eigenvalue weighted by Gasteiger charge is -2.33. The van der Waals surface area contributed by atoms with Crippen molar-refractivity contribution in [2.24, 2.45) is 40.5 Å². The van der Waals surface area contributed by atoms with Crippen LogP contribution in [0, 0.1) is 29.6 Å². The molecule has 0 radical (unpaired) electrons. The average molecular weight is 279 g/mol. The van der Waals surface area contributed by atoms with Crippen LogP contribution in [-0.2, 0) is 9.53 Å². The Morgan fingerprint density at radius 2 is 2.00 bits per heavy atom. The van der Waals surface area contributed by atoms with Crippen LogP contribution in [0.3, 0.4) is 0 Å². The Morgan fingerprint density at radius 3 is 2.65 bits per heavy atom. The van der Waals surface area contributed by atoms with Gasteiger partial charge in [0, 0.05) is 12.5 Å². The van der Waals surface area contributed by atoms with Crippen LogP contribution in [-0.4, -0.2) is 47.7 Å². The van der Waals surface area contributed by atoms with Gasteiger partial charge >= 0.3 is 0 Å². The van der Waals surface area contributed by atoms with Crippen LogP contribution in [0.15, 0.2) is 5.16 Å². The second-order valence-electron chi connectivity index (χ2n) is 6.68. The van der Waals surface area contributed by atoms with Gasteiger partial charge in [0.15, 0.2) is 5.84 Å². The van der Waals surface area contributed by atoms with E-state index in [4.69, 9.17) is 15.7 Å². The third-order valence-corrected chi connectivity index (χ3v) is 5.84. The molecule has 0 aromatic carbocycles. The zero-order valence-corrected chi connectivity index (χ0v) is 11.4. The van der Waals surface area contributed by atoms with E-state index >= 15 is 0 Å². The molecule has 110 valence electrons. The summed E-state index contributed by atoms with van der Waals surface area (Å²) in [7, 11) is 0. The van der Waals surface area contributed by atoms with Gasteiger partial charge in [-0.05, 0) is 42.9 Å². The number of morpholine rings is 1. The van der Waals surface area contributed by atoms with E-state index in [2.05, 4.69) is 5.16 Å². The van der Waals surface area contributed by atoms with Crippen molar-refractivity contribution in [3.63, 3.8) is 0 Å². The van der Waals surface area contributed by atoms with E-state index in [1.165, 1.54) is 19.3 Å². The highest BCUT2D eigenvalue weighted by Crippen LogP contribution is 2.69. The van der Waals surface area contributed by atoms with Crippen molar-refractivity contribution in [1.29, 1.82) is 0 Å². The van der Waals surface area contributed by atoms with Crippen LogP contribution in [0.1, 0.15) is 19.3 Å². The first-order valence-corrected chi connectivity index (χ1v) is 7.58. The summed E-state index contributed by atoms with van der Waals surface area (Å²) in [6.45, 7) is 1.50. The van der Waals surface area contributed by atoms with E-state index in [1.54, 1.807) is 0 Å². The number of ether oxygens (including phenoxy) is 1. The summed E-state index contributed by atoms with van der Waals surface area (Å²) < 4.78 is 5.45. The van der Waals surface area contributed by atoms with Crippen molar-refractivity contribution in [1.82, 2.24) is 4.90 Å². The molecule has 5 unspecified atom stereocenters. The molecule has 0 aromatic heterocycles. The van der Waals surface area contributed by atoms with Crippen molar-refractivity contribution in [2.45, 2.75) is 25.4 Å². The summed E-state index contributed by atoms with van der Waals surface area (Å²) in [4.78, 5) is 14.5. The van der Waals surface area contributed by atoms with E-state index in [1.807, 2.05) is 4.90 Å².